The van der Waals surface area contributed by atoms with Gasteiger partial charge in [-0.05, 0) is 19.4 Å². The van der Waals surface area contributed by atoms with E-state index in [2.05, 4.69) is 10.3 Å². The van der Waals surface area contributed by atoms with Crippen molar-refractivity contribution >= 4 is 23.2 Å². The van der Waals surface area contributed by atoms with E-state index < -0.39 is 0 Å². The monoisotopic (exact) mass is 255 g/mol. The first-order valence-corrected chi connectivity index (χ1v) is 5.79. The summed E-state index contributed by atoms with van der Waals surface area (Å²) >= 11 is 5.85. The lowest BCUT2D eigenvalue weighted by Gasteiger charge is -2.16. The van der Waals surface area contributed by atoms with Crippen molar-refractivity contribution < 1.29 is 9.53 Å². The molecule has 2 unspecified atom stereocenters. The molecule has 0 bridgehead atoms. The van der Waals surface area contributed by atoms with Crippen LogP contribution >= 0.6 is 11.6 Å². The van der Waals surface area contributed by atoms with E-state index in [1.165, 1.54) is 12.3 Å². The van der Waals surface area contributed by atoms with Gasteiger partial charge in [-0.3, -0.25) is 4.79 Å². The fourth-order valence-corrected chi connectivity index (χ4v) is 1.98. The zero-order valence-corrected chi connectivity index (χ0v) is 10.2. The van der Waals surface area contributed by atoms with Crippen LogP contribution in [0.25, 0.3) is 0 Å². The summed E-state index contributed by atoms with van der Waals surface area (Å²) < 4.78 is 5.37. The van der Waals surface area contributed by atoms with E-state index in [0.29, 0.717) is 17.9 Å². The van der Waals surface area contributed by atoms with Crippen molar-refractivity contribution in [1.29, 1.82) is 0 Å². The van der Waals surface area contributed by atoms with Crippen LogP contribution in [0.3, 0.4) is 0 Å². The summed E-state index contributed by atoms with van der Waals surface area (Å²) in [6.07, 6.45) is 2.24. The van der Waals surface area contributed by atoms with E-state index >= 15 is 0 Å². The summed E-state index contributed by atoms with van der Waals surface area (Å²) in [6.45, 7) is 2.59. The van der Waals surface area contributed by atoms with Crippen molar-refractivity contribution in [1.82, 2.24) is 10.3 Å². The highest BCUT2D eigenvalue weighted by atomic mass is 35.5. The van der Waals surface area contributed by atoms with Gasteiger partial charge in [-0.1, -0.05) is 11.6 Å². The Kier molecular flexibility index (Phi) is 3.49. The van der Waals surface area contributed by atoms with Crippen molar-refractivity contribution in [2.24, 2.45) is 0 Å². The number of anilines is 1. The van der Waals surface area contributed by atoms with Gasteiger partial charge < -0.3 is 15.8 Å². The first-order chi connectivity index (χ1) is 8.08. The number of nitrogens with two attached hydrogens (primary N) is 1. The van der Waals surface area contributed by atoms with Crippen LogP contribution in [0.5, 0.6) is 0 Å². The molecule has 2 rings (SSSR count). The van der Waals surface area contributed by atoms with Crippen LogP contribution < -0.4 is 11.1 Å². The molecule has 1 aliphatic rings. The third kappa shape index (κ3) is 2.68. The third-order valence-electron chi connectivity index (χ3n) is 2.80. The van der Waals surface area contributed by atoms with Crippen molar-refractivity contribution in [3.8, 4) is 0 Å². The van der Waals surface area contributed by atoms with Gasteiger partial charge in [0.1, 0.15) is 5.15 Å². The molecule has 1 amide bonds. The molecule has 2 atom stereocenters. The highest BCUT2D eigenvalue weighted by Gasteiger charge is 2.26. The lowest BCUT2D eigenvalue weighted by Crippen LogP contribution is -2.39. The maximum atomic E-state index is 12.0. The van der Waals surface area contributed by atoms with E-state index in [9.17, 15) is 4.79 Å². The number of amides is 1. The number of carbonyl (C=O) groups excluding carboxylic acids is 1. The lowest BCUT2D eigenvalue weighted by atomic mass is 10.1. The Morgan fingerprint density at radius 1 is 1.71 bits per heavy atom. The highest BCUT2D eigenvalue weighted by Crippen LogP contribution is 2.18. The minimum Gasteiger partial charge on any atom is -0.397 e. The number of nitrogens with zero attached hydrogens (tertiary/aromatic N) is 1. The molecule has 1 aliphatic heterocycles. The Hall–Kier alpha value is -1.33. The Morgan fingerprint density at radius 2 is 2.47 bits per heavy atom. The molecule has 3 N–H and O–H groups in total. The molecule has 1 aromatic rings. The Bertz CT molecular complexity index is 439. The van der Waals surface area contributed by atoms with Gasteiger partial charge in [0.05, 0.1) is 29.6 Å². The molecule has 92 valence electrons. The predicted octanol–water partition coefficient (Wildman–Crippen LogP) is 1.22. The number of hydrogen-bond donors (Lipinski definition) is 2. The van der Waals surface area contributed by atoms with Gasteiger partial charge in [-0.15, -0.1) is 0 Å². The second kappa shape index (κ2) is 4.89. The minimum absolute atomic E-state index is 0.0139. The van der Waals surface area contributed by atoms with Gasteiger partial charge in [0, 0.05) is 6.61 Å². The number of pyridine rings is 1. The molecule has 0 spiro atoms. The molecule has 1 fully saturated rings. The fraction of sp³-hybridized carbons (Fsp3) is 0.455. The molecule has 6 heteroatoms. The van der Waals surface area contributed by atoms with Crippen molar-refractivity contribution in [3.63, 3.8) is 0 Å². The smallest absolute Gasteiger partial charge is 0.254 e. The molecular weight excluding hydrogens is 242 g/mol. The van der Waals surface area contributed by atoms with Gasteiger partial charge in [-0.25, -0.2) is 4.98 Å². The van der Waals surface area contributed by atoms with Crippen LogP contribution in [0, 0.1) is 0 Å². The Balaban J connectivity index is 2.11. The normalized spacial score (nSPS) is 23.6. The van der Waals surface area contributed by atoms with E-state index in [-0.39, 0.29) is 23.2 Å². The van der Waals surface area contributed by atoms with Gasteiger partial charge >= 0.3 is 0 Å². The first-order valence-electron chi connectivity index (χ1n) is 5.41. The molecule has 1 saturated heterocycles. The first kappa shape index (κ1) is 12.1. The Labute approximate surface area is 104 Å². The molecule has 0 saturated carbocycles. The second-order valence-electron chi connectivity index (χ2n) is 4.05. The number of carbonyl (C=O) groups is 1. The quantitative estimate of drug-likeness (QED) is 0.779. The lowest BCUT2D eigenvalue weighted by molar-refractivity contribution is 0.0866. The standard InChI is InChI=1S/C11H14ClN3O2/c1-6-9(2-3-17-6)15-11(16)8-4-7(13)5-14-10(8)12/h4-6,9H,2-3,13H2,1H3,(H,15,16). The number of nitrogens with one attached hydrogen (secondary N) is 1. The van der Waals surface area contributed by atoms with Crippen molar-refractivity contribution in [3.05, 3.63) is 23.0 Å². The average Bonchev–Trinajstić information content (AvgIpc) is 2.68. The maximum Gasteiger partial charge on any atom is 0.254 e. The summed E-state index contributed by atoms with van der Waals surface area (Å²) in [5, 5.41) is 3.02. The molecule has 2 heterocycles. The van der Waals surface area contributed by atoms with E-state index in [1.807, 2.05) is 6.92 Å². The van der Waals surface area contributed by atoms with Crippen LogP contribution in [-0.2, 0) is 4.74 Å². The minimum atomic E-state index is -0.267. The summed E-state index contributed by atoms with van der Waals surface area (Å²) in [5.74, 6) is -0.267. The topological polar surface area (TPSA) is 77.2 Å². The van der Waals surface area contributed by atoms with Gasteiger partial charge in [0.25, 0.3) is 5.91 Å². The number of nitrogen functional groups attached to an aromatic ring is 1. The van der Waals surface area contributed by atoms with E-state index in [1.54, 1.807) is 0 Å². The molecule has 0 aliphatic carbocycles. The summed E-state index contributed by atoms with van der Waals surface area (Å²) in [5.41, 5.74) is 6.28. The zero-order valence-electron chi connectivity index (χ0n) is 9.44. The SMILES string of the molecule is CC1OCCC1NC(=O)c1cc(N)cnc1Cl. The van der Waals surface area contributed by atoms with Crippen LogP contribution in [0.1, 0.15) is 23.7 Å². The molecule has 1 aromatic heterocycles. The molecular formula is C11H14ClN3O2. The van der Waals surface area contributed by atoms with E-state index in [0.717, 1.165) is 6.42 Å². The van der Waals surface area contributed by atoms with Crippen LogP contribution in [-0.4, -0.2) is 29.6 Å². The number of rotatable bonds is 2. The summed E-state index contributed by atoms with van der Waals surface area (Å²) in [4.78, 5) is 15.8. The number of aromatic nitrogens is 1. The van der Waals surface area contributed by atoms with Gasteiger partial charge in [0.15, 0.2) is 0 Å². The largest absolute Gasteiger partial charge is 0.397 e. The fourth-order valence-electron chi connectivity index (χ4n) is 1.79. The molecule has 17 heavy (non-hydrogen) atoms. The van der Waals surface area contributed by atoms with Gasteiger partial charge in [0.2, 0.25) is 0 Å². The molecule has 0 aromatic carbocycles. The van der Waals surface area contributed by atoms with Crippen molar-refractivity contribution in [2.75, 3.05) is 12.3 Å². The maximum absolute atomic E-state index is 12.0. The van der Waals surface area contributed by atoms with Crippen LogP contribution in [0.2, 0.25) is 5.15 Å². The second-order valence-corrected chi connectivity index (χ2v) is 4.41. The molecule has 5 nitrogen and oxygen atoms in total. The molecule has 0 radical (unpaired) electrons. The number of ether oxygens (including phenoxy) is 1. The van der Waals surface area contributed by atoms with Crippen LogP contribution in [0.4, 0.5) is 5.69 Å². The van der Waals surface area contributed by atoms with E-state index in [4.69, 9.17) is 22.1 Å². The van der Waals surface area contributed by atoms with Crippen molar-refractivity contribution in [2.45, 2.75) is 25.5 Å². The summed E-state index contributed by atoms with van der Waals surface area (Å²) in [6, 6.07) is 1.53. The number of halogens is 1. The summed E-state index contributed by atoms with van der Waals surface area (Å²) in [7, 11) is 0. The predicted molar refractivity (Wildman–Crippen MR) is 64.9 cm³/mol. The van der Waals surface area contributed by atoms with Gasteiger partial charge in [-0.2, -0.15) is 0 Å². The third-order valence-corrected chi connectivity index (χ3v) is 3.10. The Morgan fingerprint density at radius 3 is 3.12 bits per heavy atom. The number of hydrogen-bond acceptors (Lipinski definition) is 4. The average molecular weight is 256 g/mol. The highest BCUT2D eigenvalue weighted by molar-refractivity contribution is 6.32. The zero-order chi connectivity index (χ0) is 12.4. The van der Waals surface area contributed by atoms with Crippen LogP contribution in [0.15, 0.2) is 12.3 Å².